The van der Waals surface area contributed by atoms with Crippen molar-refractivity contribution in [1.82, 2.24) is 10.0 Å². The molecule has 0 aliphatic carbocycles. The average molecular weight is 359 g/mol. The van der Waals surface area contributed by atoms with Crippen molar-refractivity contribution in [3.63, 3.8) is 0 Å². The second-order valence-electron chi connectivity index (χ2n) is 5.09. The van der Waals surface area contributed by atoms with E-state index in [4.69, 9.17) is 0 Å². The average Bonchev–Trinajstić information content (AvgIpc) is 2.46. The first-order valence-electron chi connectivity index (χ1n) is 6.67. The summed E-state index contributed by atoms with van der Waals surface area (Å²) in [5, 5.41) is 3.18. The van der Waals surface area contributed by atoms with Crippen molar-refractivity contribution in [2.24, 2.45) is 5.92 Å². The van der Waals surface area contributed by atoms with Gasteiger partial charge in [0.2, 0.25) is 10.0 Å². The molecule has 2 rings (SSSR count). The molecule has 1 aliphatic rings. The summed E-state index contributed by atoms with van der Waals surface area (Å²) in [7, 11) is -3.77. The third-order valence-electron chi connectivity index (χ3n) is 3.45. The Morgan fingerprint density at radius 3 is 2.36 bits per heavy atom. The van der Waals surface area contributed by atoms with Gasteiger partial charge in [-0.2, -0.15) is 13.2 Å². The number of hydrogen-bond donors (Lipinski definition) is 2. The molecule has 22 heavy (non-hydrogen) atoms. The molecule has 4 nitrogen and oxygen atoms in total. The Labute approximate surface area is 133 Å². The molecule has 2 N–H and O–H groups in total. The Bertz CT molecular complexity index is 570. The molecule has 9 heteroatoms. The highest BCUT2D eigenvalue weighted by atomic mass is 35.5. The fourth-order valence-corrected chi connectivity index (χ4v) is 3.35. The van der Waals surface area contributed by atoms with Crippen LogP contribution in [0.4, 0.5) is 13.2 Å². The molecule has 126 valence electrons. The van der Waals surface area contributed by atoms with Crippen molar-refractivity contribution in [1.29, 1.82) is 0 Å². The first-order valence-corrected chi connectivity index (χ1v) is 8.15. The van der Waals surface area contributed by atoms with Crippen molar-refractivity contribution >= 4 is 22.4 Å². The Morgan fingerprint density at radius 2 is 1.86 bits per heavy atom. The normalized spacial score (nSPS) is 19.5. The van der Waals surface area contributed by atoms with Gasteiger partial charge in [-0.3, -0.25) is 0 Å². The van der Waals surface area contributed by atoms with Crippen LogP contribution in [0.2, 0.25) is 0 Å². The molecule has 1 aromatic rings. The van der Waals surface area contributed by atoms with Crippen LogP contribution in [-0.2, 0) is 16.2 Å². The lowest BCUT2D eigenvalue weighted by molar-refractivity contribution is -0.137. The van der Waals surface area contributed by atoms with E-state index < -0.39 is 21.8 Å². The molecular weight excluding hydrogens is 341 g/mol. The topological polar surface area (TPSA) is 58.2 Å². The predicted octanol–water partition coefficient (Wildman–Crippen LogP) is 2.41. The fraction of sp³-hybridized carbons (Fsp3) is 0.538. The van der Waals surface area contributed by atoms with Gasteiger partial charge in [0, 0.05) is 6.54 Å². The van der Waals surface area contributed by atoms with Gasteiger partial charge in [-0.05, 0) is 56.1 Å². The van der Waals surface area contributed by atoms with Crippen molar-refractivity contribution in [3.05, 3.63) is 29.8 Å². The molecule has 0 spiro atoms. The number of alkyl halides is 3. The summed E-state index contributed by atoms with van der Waals surface area (Å²) in [5.74, 6) is 0.211. The number of halogens is 4. The van der Waals surface area contributed by atoms with E-state index in [1.54, 1.807) is 0 Å². The number of benzene rings is 1. The van der Waals surface area contributed by atoms with E-state index in [1.165, 1.54) is 0 Å². The van der Waals surface area contributed by atoms with E-state index in [0.717, 1.165) is 50.2 Å². The molecule has 1 heterocycles. The van der Waals surface area contributed by atoms with Crippen LogP contribution in [0.5, 0.6) is 0 Å². The van der Waals surface area contributed by atoms with Gasteiger partial charge in [0.1, 0.15) is 0 Å². The third kappa shape index (κ3) is 5.12. The van der Waals surface area contributed by atoms with Crippen LogP contribution in [0.1, 0.15) is 18.4 Å². The number of nitrogens with one attached hydrogen (secondary N) is 2. The molecule has 1 aliphatic heterocycles. The summed E-state index contributed by atoms with van der Waals surface area (Å²) < 4.78 is 63.8. The molecule has 1 unspecified atom stereocenters. The van der Waals surface area contributed by atoms with Gasteiger partial charge in [-0.25, -0.2) is 13.1 Å². The first kappa shape index (κ1) is 19.2. The molecule has 0 aromatic heterocycles. The van der Waals surface area contributed by atoms with Crippen molar-refractivity contribution < 1.29 is 21.6 Å². The lowest BCUT2D eigenvalue weighted by atomic mass is 10.0. The summed E-state index contributed by atoms with van der Waals surface area (Å²) in [5.41, 5.74) is -0.863. The summed E-state index contributed by atoms with van der Waals surface area (Å²) >= 11 is 0. The minimum absolute atomic E-state index is 0. The van der Waals surface area contributed by atoms with Crippen LogP contribution < -0.4 is 10.0 Å². The zero-order valence-electron chi connectivity index (χ0n) is 11.7. The maximum absolute atomic E-state index is 12.4. The van der Waals surface area contributed by atoms with Crippen LogP contribution >= 0.6 is 12.4 Å². The van der Waals surface area contributed by atoms with E-state index in [9.17, 15) is 21.6 Å². The highest BCUT2D eigenvalue weighted by Gasteiger charge is 2.30. The lowest BCUT2D eigenvalue weighted by Gasteiger charge is -2.22. The van der Waals surface area contributed by atoms with Gasteiger partial charge in [-0.15, -0.1) is 12.4 Å². The third-order valence-corrected chi connectivity index (χ3v) is 4.89. The smallest absolute Gasteiger partial charge is 0.316 e. The molecule has 1 fully saturated rings. The summed E-state index contributed by atoms with van der Waals surface area (Å²) in [6.07, 6.45) is -2.54. The number of sulfonamides is 1. The van der Waals surface area contributed by atoms with Crippen LogP contribution in [0.3, 0.4) is 0 Å². The minimum atomic E-state index is -4.47. The minimum Gasteiger partial charge on any atom is -0.316 e. The van der Waals surface area contributed by atoms with Crippen molar-refractivity contribution in [3.8, 4) is 0 Å². The van der Waals surface area contributed by atoms with Crippen molar-refractivity contribution in [2.75, 3.05) is 19.6 Å². The second kappa shape index (κ2) is 7.63. The molecule has 1 saturated heterocycles. The van der Waals surface area contributed by atoms with Gasteiger partial charge < -0.3 is 5.32 Å². The summed E-state index contributed by atoms with van der Waals surface area (Å²) in [6.45, 7) is 1.97. The van der Waals surface area contributed by atoms with E-state index in [2.05, 4.69) is 10.0 Å². The van der Waals surface area contributed by atoms with Crippen LogP contribution in [-0.4, -0.2) is 28.1 Å². The molecule has 0 bridgehead atoms. The lowest BCUT2D eigenvalue weighted by Crippen LogP contribution is -2.38. The molecule has 1 atom stereocenters. The van der Waals surface area contributed by atoms with Crippen LogP contribution in [0.15, 0.2) is 29.2 Å². The van der Waals surface area contributed by atoms with E-state index in [1.807, 2.05) is 0 Å². The van der Waals surface area contributed by atoms with Gasteiger partial charge in [0.15, 0.2) is 0 Å². The zero-order valence-corrected chi connectivity index (χ0v) is 13.3. The van der Waals surface area contributed by atoms with Crippen LogP contribution in [0.25, 0.3) is 0 Å². The molecule has 0 radical (unpaired) electrons. The van der Waals surface area contributed by atoms with Gasteiger partial charge in [0.25, 0.3) is 0 Å². The zero-order chi connectivity index (χ0) is 15.5. The number of piperidine rings is 1. The molecule has 0 saturated carbocycles. The van der Waals surface area contributed by atoms with E-state index in [0.29, 0.717) is 0 Å². The molecular formula is C13H18ClF3N2O2S. The van der Waals surface area contributed by atoms with Crippen molar-refractivity contribution in [2.45, 2.75) is 23.9 Å². The predicted molar refractivity (Wildman–Crippen MR) is 79.5 cm³/mol. The second-order valence-corrected chi connectivity index (χ2v) is 6.85. The maximum atomic E-state index is 12.4. The van der Waals surface area contributed by atoms with Gasteiger partial charge in [-0.1, -0.05) is 0 Å². The summed E-state index contributed by atoms with van der Waals surface area (Å²) in [4.78, 5) is -0.153. The molecule has 0 amide bonds. The van der Waals surface area contributed by atoms with E-state index >= 15 is 0 Å². The van der Waals surface area contributed by atoms with E-state index in [-0.39, 0.29) is 29.8 Å². The monoisotopic (exact) mass is 358 g/mol. The van der Waals surface area contributed by atoms with Gasteiger partial charge >= 0.3 is 6.18 Å². The highest BCUT2D eigenvalue weighted by molar-refractivity contribution is 7.89. The Morgan fingerprint density at radius 1 is 1.23 bits per heavy atom. The van der Waals surface area contributed by atoms with Crippen LogP contribution in [0, 0.1) is 5.92 Å². The van der Waals surface area contributed by atoms with Gasteiger partial charge in [0.05, 0.1) is 10.5 Å². The standard InChI is InChI=1S/C13H17F3N2O2S.ClH/c14-13(15,16)11-3-5-12(6-4-11)21(19,20)18-9-10-2-1-7-17-8-10;/h3-6,10,17-18H,1-2,7-9H2;1H. The molecule has 1 aromatic carbocycles. The maximum Gasteiger partial charge on any atom is 0.416 e. The largest absolute Gasteiger partial charge is 0.416 e. The number of hydrogen-bond acceptors (Lipinski definition) is 3. The fourth-order valence-electron chi connectivity index (χ4n) is 2.23. The highest BCUT2D eigenvalue weighted by Crippen LogP contribution is 2.29. The summed E-state index contributed by atoms with van der Waals surface area (Å²) in [6, 6.07) is 3.50. The Kier molecular flexibility index (Phi) is 6.66. The first-order chi connectivity index (χ1) is 9.79. The Balaban J connectivity index is 0.00000242. The quantitative estimate of drug-likeness (QED) is 0.869. The Hall–Kier alpha value is -0.830. The SMILES string of the molecule is Cl.O=S(=O)(NCC1CCCNC1)c1ccc(C(F)(F)F)cc1. The number of rotatable bonds is 4.